The van der Waals surface area contributed by atoms with Crippen molar-refractivity contribution < 1.29 is 8.42 Å². The first-order chi connectivity index (χ1) is 8.77. The van der Waals surface area contributed by atoms with E-state index >= 15 is 0 Å². The Morgan fingerprint density at radius 2 is 1.68 bits per heavy atom. The third kappa shape index (κ3) is 5.42. The molecular formula is C15H31NO2S. The van der Waals surface area contributed by atoms with Crippen LogP contribution >= 0.6 is 0 Å². The van der Waals surface area contributed by atoms with Gasteiger partial charge in [0.15, 0.2) is 9.84 Å². The molecule has 114 valence electrons. The van der Waals surface area contributed by atoms with Crippen LogP contribution in [0.1, 0.15) is 59.8 Å². The van der Waals surface area contributed by atoms with Crippen molar-refractivity contribution in [3.05, 3.63) is 0 Å². The molecule has 4 heteroatoms. The zero-order valence-electron chi connectivity index (χ0n) is 13.0. The topological polar surface area (TPSA) is 46.2 Å². The van der Waals surface area contributed by atoms with Gasteiger partial charge in [0.2, 0.25) is 0 Å². The van der Waals surface area contributed by atoms with Gasteiger partial charge in [0.25, 0.3) is 0 Å². The normalized spacial score (nSPS) is 19.5. The first-order valence-corrected chi connectivity index (χ1v) is 9.41. The van der Waals surface area contributed by atoms with Crippen LogP contribution in [0.15, 0.2) is 0 Å². The van der Waals surface area contributed by atoms with Crippen molar-refractivity contribution in [3.63, 3.8) is 0 Å². The number of hydrogen-bond donors (Lipinski definition) is 1. The minimum absolute atomic E-state index is 0.233. The van der Waals surface area contributed by atoms with Gasteiger partial charge in [-0.2, -0.15) is 0 Å². The van der Waals surface area contributed by atoms with Crippen LogP contribution in [0, 0.1) is 11.3 Å². The second-order valence-electron chi connectivity index (χ2n) is 6.90. The summed E-state index contributed by atoms with van der Waals surface area (Å²) in [7, 11) is -2.89. The minimum Gasteiger partial charge on any atom is -0.316 e. The summed E-state index contributed by atoms with van der Waals surface area (Å²) >= 11 is 0. The van der Waals surface area contributed by atoms with E-state index in [1.807, 2.05) is 0 Å². The third-order valence-electron chi connectivity index (χ3n) is 4.35. The summed E-state index contributed by atoms with van der Waals surface area (Å²) in [5.41, 5.74) is 0.233. The Balaban J connectivity index is 2.53. The lowest BCUT2D eigenvalue weighted by Crippen LogP contribution is -2.36. The van der Waals surface area contributed by atoms with Crippen molar-refractivity contribution in [3.8, 4) is 0 Å². The Bertz CT molecular complexity index is 354. The molecule has 0 unspecified atom stereocenters. The highest BCUT2D eigenvalue weighted by Gasteiger charge is 2.35. The molecule has 1 rings (SSSR count). The summed E-state index contributed by atoms with van der Waals surface area (Å²) < 4.78 is 24.0. The first kappa shape index (κ1) is 17.0. The summed E-state index contributed by atoms with van der Waals surface area (Å²) in [4.78, 5) is 0. The van der Waals surface area contributed by atoms with Crippen LogP contribution < -0.4 is 5.32 Å². The van der Waals surface area contributed by atoms with Crippen molar-refractivity contribution in [1.29, 1.82) is 0 Å². The molecule has 0 spiro atoms. The number of rotatable bonds is 8. The molecular weight excluding hydrogens is 258 g/mol. The molecule has 3 nitrogen and oxygen atoms in total. The smallest absolute Gasteiger partial charge is 0.152 e. The van der Waals surface area contributed by atoms with Crippen molar-refractivity contribution in [2.45, 2.75) is 65.0 Å². The SMILES string of the molecule is CC(C)CNCC1(CCS(=O)(=O)C(C)C)CCCC1. The van der Waals surface area contributed by atoms with Crippen LogP contribution in [0.5, 0.6) is 0 Å². The van der Waals surface area contributed by atoms with E-state index in [-0.39, 0.29) is 10.7 Å². The molecule has 0 aliphatic heterocycles. The van der Waals surface area contributed by atoms with Crippen molar-refractivity contribution >= 4 is 9.84 Å². The monoisotopic (exact) mass is 289 g/mol. The van der Waals surface area contributed by atoms with Crippen LogP contribution in [0.2, 0.25) is 0 Å². The Labute approximate surface area is 119 Å². The van der Waals surface area contributed by atoms with Crippen LogP contribution in [-0.4, -0.2) is 32.5 Å². The molecule has 19 heavy (non-hydrogen) atoms. The molecule has 0 amide bonds. The predicted octanol–water partition coefficient (Wildman–Crippen LogP) is 3.01. The van der Waals surface area contributed by atoms with Crippen LogP contribution in [-0.2, 0) is 9.84 Å². The molecule has 1 saturated carbocycles. The van der Waals surface area contributed by atoms with E-state index in [0.717, 1.165) is 19.5 Å². The molecule has 0 aromatic carbocycles. The molecule has 0 atom stereocenters. The highest BCUT2D eigenvalue weighted by Crippen LogP contribution is 2.41. The summed E-state index contributed by atoms with van der Waals surface area (Å²) in [6.45, 7) is 9.99. The van der Waals surface area contributed by atoms with E-state index in [1.165, 1.54) is 25.7 Å². The first-order valence-electron chi connectivity index (χ1n) is 7.70. The zero-order chi connectivity index (χ0) is 14.5. The van der Waals surface area contributed by atoms with Gasteiger partial charge < -0.3 is 5.32 Å². The minimum atomic E-state index is -2.89. The van der Waals surface area contributed by atoms with E-state index < -0.39 is 9.84 Å². The molecule has 1 aliphatic rings. The van der Waals surface area contributed by atoms with E-state index in [0.29, 0.717) is 11.7 Å². The molecule has 0 saturated heterocycles. The fourth-order valence-electron chi connectivity index (χ4n) is 2.86. The number of sulfone groups is 1. The average molecular weight is 289 g/mol. The van der Waals surface area contributed by atoms with E-state index in [2.05, 4.69) is 19.2 Å². The summed E-state index contributed by atoms with van der Waals surface area (Å²) in [5, 5.41) is 3.30. The van der Waals surface area contributed by atoms with Crippen molar-refractivity contribution in [2.75, 3.05) is 18.8 Å². The van der Waals surface area contributed by atoms with Gasteiger partial charge in [0.1, 0.15) is 0 Å². The zero-order valence-corrected chi connectivity index (χ0v) is 13.9. The maximum Gasteiger partial charge on any atom is 0.152 e. The van der Waals surface area contributed by atoms with Gasteiger partial charge in [-0.3, -0.25) is 0 Å². The summed E-state index contributed by atoms with van der Waals surface area (Å²) in [5.74, 6) is 1.01. The van der Waals surface area contributed by atoms with E-state index in [1.54, 1.807) is 13.8 Å². The Morgan fingerprint density at radius 3 is 2.16 bits per heavy atom. The largest absolute Gasteiger partial charge is 0.316 e. The van der Waals surface area contributed by atoms with Gasteiger partial charge in [0.05, 0.1) is 11.0 Å². The number of nitrogens with one attached hydrogen (secondary N) is 1. The molecule has 0 aromatic rings. The second kappa shape index (κ2) is 7.07. The molecule has 0 heterocycles. The van der Waals surface area contributed by atoms with Gasteiger partial charge in [-0.25, -0.2) is 8.42 Å². The lowest BCUT2D eigenvalue weighted by Gasteiger charge is -2.30. The predicted molar refractivity (Wildman–Crippen MR) is 82.1 cm³/mol. The Morgan fingerprint density at radius 1 is 1.11 bits per heavy atom. The standard InChI is InChI=1S/C15H31NO2S/c1-13(2)11-16-12-15(7-5-6-8-15)9-10-19(17,18)14(3)4/h13-14,16H,5-12H2,1-4H3. The number of hydrogen-bond acceptors (Lipinski definition) is 3. The Kier molecular flexibility index (Phi) is 6.31. The lowest BCUT2D eigenvalue weighted by molar-refractivity contribution is 0.265. The maximum atomic E-state index is 12.0. The van der Waals surface area contributed by atoms with Crippen molar-refractivity contribution in [1.82, 2.24) is 5.32 Å². The fourth-order valence-corrected chi connectivity index (χ4v) is 4.05. The van der Waals surface area contributed by atoms with Gasteiger partial charge in [-0.05, 0) is 51.0 Å². The second-order valence-corrected chi connectivity index (χ2v) is 9.57. The Hall–Kier alpha value is -0.0900. The summed E-state index contributed by atoms with van der Waals surface area (Å²) in [6, 6.07) is 0. The van der Waals surface area contributed by atoms with Crippen LogP contribution in [0.25, 0.3) is 0 Å². The lowest BCUT2D eigenvalue weighted by atomic mass is 9.83. The van der Waals surface area contributed by atoms with Gasteiger partial charge in [-0.15, -0.1) is 0 Å². The molecule has 1 aliphatic carbocycles. The molecule has 0 bridgehead atoms. The van der Waals surface area contributed by atoms with Crippen LogP contribution in [0.4, 0.5) is 0 Å². The molecule has 0 aromatic heterocycles. The molecule has 1 fully saturated rings. The van der Waals surface area contributed by atoms with Crippen LogP contribution in [0.3, 0.4) is 0 Å². The van der Waals surface area contributed by atoms with E-state index in [4.69, 9.17) is 0 Å². The van der Waals surface area contributed by atoms with Gasteiger partial charge in [0, 0.05) is 6.54 Å². The quantitative estimate of drug-likeness (QED) is 0.747. The van der Waals surface area contributed by atoms with Gasteiger partial charge in [-0.1, -0.05) is 26.7 Å². The van der Waals surface area contributed by atoms with Gasteiger partial charge >= 0.3 is 0 Å². The highest BCUT2D eigenvalue weighted by atomic mass is 32.2. The fraction of sp³-hybridized carbons (Fsp3) is 1.00. The van der Waals surface area contributed by atoms with E-state index in [9.17, 15) is 8.42 Å². The van der Waals surface area contributed by atoms with Crippen molar-refractivity contribution in [2.24, 2.45) is 11.3 Å². The third-order valence-corrected chi connectivity index (χ3v) is 6.56. The average Bonchev–Trinajstić information content (AvgIpc) is 2.75. The highest BCUT2D eigenvalue weighted by molar-refractivity contribution is 7.91. The maximum absolute atomic E-state index is 12.0. The summed E-state index contributed by atoms with van der Waals surface area (Å²) in [6.07, 6.45) is 5.71. The molecule has 0 radical (unpaired) electrons. The molecule has 1 N–H and O–H groups in total.